The van der Waals surface area contributed by atoms with E-state index in [9.17, 15) is 0 Å². The molecule has 0 saturated heterocycles. The lowest BCUT2D eigenvalue weighted by Crippen LogP contribution is -2.39. The van der Waals surface area contributed by atoms with Crippen LogP contribution in [-0.2, 0) is 19.5 Å². The molecule has 0 aliphatic carbocycles. The molecule has 0 spiro atoms. The number of aryl methyl sites for hydroxylation is 2. The van der Waals surface area contributed by atoms with E-state index in [4.69, 9.17) is 0 Å². The number of aliphatic imine (C=N–C) groups is 1. The van der Waals surface area contributed by atoms with Gasteiger partial charge in [-0.05, 0) is 12.5 Å². The molecule has 0 aliphatic heterocycles. The Balaban J connectivity index is 0.00000288. The monoisotopic (exact) mass is 442 g/mol. The van der Waals surface area contributed by atoms with E-state index >= 15 is 0 Å². The zero-order chi connectivity index (χ0) is 16.7. The fraction of sp³-hybridized carbons (Fsp3) is 0.471. The first-order valence-corrected chi connectivity index (χ1v) is 7.98. The molecule has 0 fully saturated rings. The summed E-state index contributed by atoms with van der Waals surface area (Å²) in [7, 11) is 3.86. The summed E-state index contributed by atoms with van der Waals surface area (Å²) >= 11 is 0. The third kappa shape index (κ3) is 5.77. The second-order valence-corrected chi connectivity index (χ2v) is 5.61. The van der Waals surface area contributed by atoms with E-state index in [-0.39, 0.29) is 24.0 Å². The van der Waals surface area contributed by atoms with Gasteiger partial charge < -0.3 is 14.8 Å². The summed E-state index contributed by atoms with van der Waals surface area (Å²) in [5, 5.41) is 11.4. The molecule has 7 heteroatoms. The van der Waals surface area contributed by atoms with Crippen LogP contribution < -0.4 is 5.32 Å². The van der Waals surface area contributed by atoms with Gasteiger partial charge in [0.25, 0.3) is 0 Å². The van der Waals surface area contributed by atoms with Crippen molar-refractivity contribution in [2.24, 2.45) is 4.99 Å². The summed E-state index contributed by atoms with van der Waals surface area (Å²) in [6.45, 7) is 6.63. The molecular formula is C17H27IN6. The molecule has 2 aromatic rings. The minimum Gasteiger partial charge on any atom is -0.354 e. The Morgan fingerprint density at radius 2 is 2.00 bits per heavy atom. The summed E-state index contributed by atoms with van der Waals surface area (Å²) in [5.74, 6) is 1.89. The van der Waals surface area contributed by atoms with Crippen molar-refractivity contribution in [3.8, 4) is 0 Å². The number of hydrogen-bond acceptors (Lipinski definition) is 3. The number of guanidine groups is 1. The molecule has 1 heterocycles. The first kappa shape index (κ1) is 20.4. The van der Waals surface area contributed by atoms with Crippen LogP contribution in [0.3, 0.4) is 0 Å². The van der Waals surface area contributed by atoms with Crippen molar-refractivity contribution in [3.63, 3.8) is 0 Å². The van der Waals surface area contributed by atoms with Gasteiger partial charge in [-0.25, -0.2) is 0 Å². The number of halogens is 1. The molecule has 2 rings (SSSR count). The van der Waals surface area contributed by atoms with Crippen molar-refractivity contribution >= 4 is 29.9 Å². The third-order valence-electron chi connectivity index (χ3n) is 3.76. The summed E-state index contributed by atoms with van der Waals surface area (Å²) in [6, 6.07) is 8.59. The first-order valence-electron chi connectivity index (χ1n) is 7.98. The highest BCUT2D eigenvalue weighted by molar-refractivity contribution is 14.0. The van der Waals surface area contributed by atoms with E-state index in [1.165, 1.54) is 11.1 Å². The Morgan fingerprint density at radius 1 is 1.29 bits per heavy atom. The average molecular weight is 442 g/mol. The average Bonchev–Trinajstić information content (AvgIpc) is 3.01. The summed E-state index contributed by atoms with van der Waals surface area (Å²) < 4.78 is 2.07. The highest BCUT2D eigenvalue weighted by Gasteiger charge is 2.07. The first-order chi connectivity index (χ1) is 11.1. The van der Waals surface area contributed by atoms with E-state index in [1.807, 2.05) is 14.1 Å². The van der Waals surface area contributed by atoms with Crippen molar-refractivity contribution < 1.29 is 0 Å². The topological polar surface area (TPSA) is 58.3 Å². The van der Waals surface area contributed by atoms with E-state index in [0.717, 1.165) is 37.8 Å². The van der Waals surface area contributed by atoms with Gasteiger partial charge in [0.2, 0.25) is 0 Å². The lowest BCUT2D eigenvalue weighted by Gasteiger charge is -2.22. The van der Waals surface area contributed by atoms with Crippen molar-refractivity contribution in [1.82, 2.24) is 25.0 Å². The highest BCUT2D eigenvalue weighted by atomic mass is 127. The molecule has 1 aromatic carbocycles. The van der Waals surface area contributed by atoms with Crippen LogP contribution in [0.2, 0.25) is 0 Å². The fourth-order valence-electron chi connectivity index (χ4n) is 2.45. The van der Waals surface area contributed by atoms with Gasteiger partial charge in [0.1, 0.15) is 12.2 Å². The molecular weight excluding hydrogens is 415 g/mol. The predicted molar refractivity (Wildman–Crippen MR) is 109 cm³/mol. The van der Waals surface area contributed by atoms with Crippen LogP contribution in [-0.4, -0.2) is 46.3 Å². The highest BCUT2D eigenvalue weighted by Crippen LogP contribution is 2.06. The van der Waals surface area contributed by atoms with Gasteiger partial charge in [0.15, 0.2) is 5.96 Å². The maximum absolute atomic E-state index is 4.35. The van der Waals surface area contributed by atoms with Crippen LogP contribution in [0.15, 0.2) is 35.6 Å². The minimum atomic E-state index is 0. The summed E-state index contributed by atoms with van der Waals surface area (Å²) in [5.41, 5.74) is 2.55. The van der Waals surface area contributed by atoms with Gasteiger partial charge in [-0.3, -0.25) is 4.99 Å². The molecule has 0 amide bonds. The number of nitrogens with one attached hydrogen (secondary N) is 1. The van der Waals surface area contributed by atoms with E-state index in [1.54, 1.807) is 6.33 Å². The van der Waals surface area contributed by atoms with Crippen LogP contribution in [0.5, 0.6) is 0 Å². The Morgan fingerprint density at radius 3 is 2.62 bits per heavy atom. The van der Waals surface area contributed by atoms with Crippen molar-refractivity contribution in [2.45, 2.75) is 33.4 Å². The largest absolute Gasteiger partial charge is 0.354 e. The second kappa shape index (κ2) is 10.3. The van der Waals surface area contributed by atoms with Gasteiger partial charge in [0.05, 0.1) is 0 Å². The number of hydrogen-bond donors (Lipinski definition) is 1. The normalized spacial score (nSPS) is 11.1. The third-order valence-corrected chi connectivity index (χ3v) is 3.76. The van der Waals surface area contributed by atoms with Gasteiger partial charge in [-0.2, -0.15) is 0 Å². The van der Waals surface area contributed by atoms with Crippen LogP contribution in [0.4, 0.5) is 0 Å². The minimum absolute atomic E-state index is 0. The quantitative estimate of drug-likeness (QED) is 0.424. The standard InChI is InChI=1S/C17H26N6.HI/c1-5-16-21-20-13-23(16)11-10-19-17(18-3)22(4)12-15-8-6-14(2)7-9-15;/h6-9,13H,5,10-12H2,1-4H3,(H,18,19);1H. The van der Waals surface area contributed by atoms with Crippen molar-refractivity contribution in [2.75, 3.05) is 20.6 Å². The van der Waals surface area contributed by atoms with Crippen molar-refractivity contribution in [1.29, 1.82) is 0 Å². The summed E-state index contributed by atoms with van der Waals surface area (Å²) in [6.07, 6.45) is 2.67. The Bertz CT molecular complexity index is 635. The molecule has 0 aliphatic rings. The molecule has 0 bridgehead atoms. The molecule has 0 saturated carbocycles. The maximum Gasteiger partial charge on any atom is 0.193 e. The smallest absolute Gasteiger partial charge is 0.193 e. The second-order valence-electron chi connectivity index (χ2n) is 5.61. The zero-order valence-corrected chi connectivity index (χ0v) is 17.2. The molecule has 24 heavy (non-hydrogen) atoms. The number of nitrogens with zero attached hydrogens (tertiary/aromatic N) is 5. The van der Waals surface area contributed by atoms with E-state index in [0.29, 0.717) is 0 Å². The molecule has 0 radical (unpaired) electrons. The van der Waals surface area contributed by atoms with Crippen LogP contribution >= 0.6 is 24.0 Å². The number of aromatic nitrogens is 3. The molecule has 1 N–H and O–H groups in total. The molecule has 0 unspecified atom stereocenters. The zero-order valence-electron chi connectivity index (χ0n) is 14.9. The van der Waals surface area contributed by atoms with Gasteiger partial charge in [-0.15, -0.1) is 34.2 Å². The maximum atomic E-state index is 4.35. The van der Waals surface area contributed by atoms with Crippen LogP contribution in [0.1, 0.15) is 23.9 Å². The van der Waals surface area contributed by atoms with E-state index in [2.05, 4.69) is 68.1 Å². The fourth-order valence-corrected chi connectivity index (χ4v) is 2.45. The van der Waals surface area contributed by atoms with Crippen LogP contribution in [0, 0.1) is 6.92 Å². The van der Waals surface area contributed by atoms with E-state index < -0.39 is 0 Å². The lowest BCUT2D eigenvalue weighted by atomic mass is 10.1. The Kier molecular flexibility index (Phi) is 8.73. The van der Waals surface area contributed by atoms with Gasteiger partial charge >= 0.3 is 0 Å². The molecule has 132 valence electrons. The lowest BCUT2D eigenvalue weighted by molar-refractivity contribution is 0.472. The van der Waals surface area contributed by atoms with Crippen molar-refractivity contribution in [3.05, 3.63) is 47.5 Å². The van der Waals surface area contributed by atoms with Crippen LogP contribution in [0.25, 0.3) is 0 Å². The predicted octanol–water partition coefficient (Wildman–Crippen LogP) is 2.47. The summed E-state index contributed by atoms with van der Waals surface area (Å²) in [4.78, 5) is 6.48. The Hall–Kier alpha value is -1.64. The van der Waals surface area contributed by atoms with Gasteiger partial charge in [-0.1, -0.05) is 36.8 Å². The molecule has 6 nitrogen and oxygen atoms in total. The Labute approximate surface area is 161 Å². The number of benzene rings is 1. The molecule has 1 aromatic heterocycles. The molecule has 0 atom stereocenters. The SMILES string of the molecule is CCc1nncn1CCNC(=NC)N(C)Cc1ccc(C)cc1.I. The number of rotatable bonds is 6. The van der Waals surface area contributed by atoms with Gasteiger partial charge in [0, 0.05) is 40.2 Å².